The van der Waals surface area contributed by atoms with Crippen LogP contribution in [0.25, 0.3) is 10.8 Å². The summed E-state index contributed by atoms with van der Waals surface area (Å²) in [4.78, 5) is 0. The summed E-state index contributed by atoms with van der Waals surface area (Å²) in [5.74, 6) is 2.05. The first-order valence-corrected chi connectivity index (χ1v) is 11.2. The fourth-order valence-corrected chi connectivity index (χ4v) is 4.69. The van der Waals surface area contributed by atoms with Gasteiger partial charge < -0.3 is 4.74 Å². The van der Waals surface area contributed by atoms with Gasteiger partial charge in [-0.05, 0) is 97.6 Å². The molecule has 3 aromatic carbocycles. The number of hydrogen-bond acceptors (Lipinski definition) is 1. The lowest BCUT2D eigenvalue weighted by Crippen LogP contribution is -2.11. The Bertz CT molecular complexity index is 997. The minimum absolute atomic E-state index is 0.105. The molecule has 0 amide bonds. The molecule has 0 N–H and O–H groups in total. The number of benzene rings is 3. The molecule has 1 saturated carbocycles. The standard InChI is InChI=1S/C28H31FO/c1-3-20-5-10-22(11-6-20)23-12-7-21(8-13-23)9-14-24-15-16-25-19-26(30-4-2)17-18-27(25)28(24)29/h3,7-8,12-13,15-20,22H,1,4-6,9-11,14H2,2H3. The summed E-state index contributed by atoms with van der Waals surface area (Å²) in [6.45, 7) is 6.51. The summed E-state index contributed by atoms with van der Waals surface area (Å²) >= 11 is 0. The van der Waals surface area contributed by atoms with Crippen LogP contribution in [-0.2, 0) is 12.8 Å². The molecule has 2 heteroatoms. The van der Waals surface area contributed by atoms with Crippen LogP contribution in [0.4, 0.5) is 4.39 Å². The van der Waals surface area contributed by atoms with E-state index in [0.29, 0.717) is 30.2 Å². The third kappa shape index (κ3) is 4.59. The first-order chi connectivity index (χ1) is 14.7. The highest BCUT2D eigenvalue weighted by atomic mass is 19.1. The number of hydrogen-bond donors (Lipinski definition) is 0. The Labute approximate surface area is 179 Å². The molecule has 3 aromatic rings. The number of halogens is 1. The molecule has 0 saturated heterocycles. The van der Waals surface area contributed by atoms with Crippen molar-refractivity contribution in [2.45, 2.75) is 51.4 Å². The second-order valence-electron chi connectivity index (χ2n) is 8.44. The molecule has 0 aliphatic heterocycles. The third-order valence-corrected chi connectivity index (χ3v) is 6.56. The number of ether oxygens (including phenoxy) is 1. The molecule has 1 nitrogen and oxygen atoms in total. The van der Waals surface area contributed by atoms with E-state index in [2.05, 4.69) is 36.9 Å². The lowest BCUT2D eigenvalue weighted by Gasteiger charge is -2.27. The summed E-state index contributed by atoms with van der Waals surface area (Å²) in [6.07, 6.45) is 8.68. The highest BCUT2D eigenvalue weighted by Crippen LogP contribution is 2.36. The highest BCUT2D eigenvalue weighted by Gasteiger charge is 2.20. The second-order valence-corrected chi connectivity index (χ2v) is 8.44. The van der Waals surface area contributed by atoms with Crippen LogP contribution < -0.4 is 4.74 Å². The van der Waals surface area contributed by atoms with Crippen molar-refractivity contribution in [3.8, 4) is 5.75 Å². The van der Waals surface area contributed by atoms with Crippen LogP contribution in [0.5, 0.6) is 5.75 Å². The zero-order valence-corrected chi connectivity index (χ0v) is 17.9. The normalized spacial score (nSPS) is 19.0. The van der Waals surface area contributed by atoms with Crippen molar-refractivity contribution in [2.24, 2.45) is 5.92 Å². The van der Waals surface area contributed by atoms with Crippen molar-refractivity contribution in [3.63, 3.8) is 0 Å². The fraction of sp³-hybridized carbons (Fsp3) is 0.357. The maximum absolute atomic E-state index is 15.0. The van der Waals surface area contributed by atoms with Gasteiger partial charge in [0.25, 0.3) is 0 Å². The molecule has 0 radical (unpaired) electrons. The topological polar surface area (TPSA) is 9.23 Å². The Morgan fingerprint density at radius 1 is 0.967 bits per heavy atom. The number of fused-ring (bicyclic) bond motifs is 1. The Kier molecular flexibility index (Phi) is 6.52. The predicted octanol–water partition coefficient (Wildman–Crippen LogP) is 7.62. The van der Waals surface area contributed by atoms with Crippen molar-refractivity contribution < 1.29 is 9.13 Å². The monoisotopic (exact) mass is 402 g/mol. The second kappa shape index (κ2) is 9.47. The molecule has 0 atom stereocenters. The van der Waals surface area contributed by atoms with Crippen LogP contribution in [0.3, 0.4) is 0 Å². The van der Waals surface area contributed by atoms with E-state index in [1.165, 1.54) is 36.8 Å². The third-order valence-electron chi connectivity index (χ3n) is 6.56. The van der Waals surface area contributed by atoms with Gasteiger partial charge in [0.15, 0.2) is 0 Å². The quantitative estimate of drug-likeness (QED) is 0.369. The summed E-state index contributed by atoms with van der Waals surface area (Å²) in [5.41, 5.74) is 3.49. The smallest absolute Gasteiger partial charge is 0.134 e. The number of aryl methyl sites for hydroxylation is 2. The summed E-state index contributed by atoms with van der Waals surface area (Å²) in [6, 6.07) is 18.5. The maximum atomic E-state index is 15.0. The molecule has 156 valence electrons. The van der Waals surface area contributed by atoms with E-state index in [1.54, 1.807) is 0 Å². The molecule has 1 aliphatic carbocycles. The van der Waals surface area contributed by atoms with Crippen molar-refractivity contribution in [1.82, 2.24) is 0 Å². The molecular weight excluding hydrogens is 371 g/mol. The Morgan fingerprint density at radius 2 is 1.73 bits per heavy atom. The van der Waals surface area contributed by atoms with Gasteiger partial charge >= 0.3 is 0 Å². The van der Waals surface area contributed by atoms with Crippen molar-refractivity contribution in [3.05, 3.63) is 89.8 Å². The predicted molar refractivity (Wildman–Crippen MR) is 124 cm³/mol. The van der Waals surface area contributed by atoms with Gasteiger partial charge in [-0.25, -0.2) is 4.39 Å². The average Bonchev–Trinajstić information content (AvgIpc) is 2.79. The van der Waals surface area contributed by atoms with E-state index in [4.69, 9.17) is 4.74 Å². The van der Waals surface area contributed by atoms with E-state index in [-0.39, 0.29) is 5.82 Å². The minimum Gasteiger partial charge on any atom is -0.494 e. The van der Waals surface area contributed by atoms with Crippen LogP contribution in [-0.4, -0.2) is 6.61 Å². The largest absolute Gasteiger partial charge is 0.494 e. The molecule has 30 heavy (non-hydrogen) atoms. The van der Waals surface area contributed by atoms with Crippen LogP contribution in [0.1, 0.15) is 55.2 Å². The van der Waals surface area contributed by atoms with Crippen LogP contribution >= 0.6 is 0 Å². The van der Waals surface area contributed by atoms with Crippen molar-refractivity contribution in [2.75, 3.05) is 6.61 Å². The molecule has 0 spiro atoms. The van der Waals surface area contributed by atoms with E-state index < -0.39 is 0 Å². The van der Waals surface area contributed by atoms with Gasteiger partial charge in [0.2, 0.25) is 0 Å². The SMILES string of the molecule is C=CC1CCC(c2ccc(CCc3ccc4cc(OCC)ccc4c3F)cc2)CC1. The lowest BCUT2D eigenvalue weighted by molar-refractivity contribution is 0.340. The first-order valence-electron chi connectivity index (χ1n) is 11.2. The molecule has 0 unspecified atom stereocenters. The van der Waals surface area contributed by atoms with Gasteiger partial charge in [0, 0.05) is 5.39 Å². The maximum Gasteiger partial charge on any atom is 0.134 e. The van der Waals surface area contributed by atoms with Gasteiger partial charge in [-0.3, -0.25) is 0 Å². The van der Waals surface area contributed by atoms with Gasteiger partial charge in [-0.15, -0.1) is 6.58 Å². The van der Waals surface area contributed by atoms with Gasteiger partial charge in [0.1, 0.15) is 11.6 Å². The minimum atomic E-state index is -0.105. The van der Waals surface area contributed by atoms with Gasteiger partial charge in [0.05, 0.1) is 6.61 Å². The van der Waals surface area contributed by atoms with E-state index in [9.17, 15) is 0 Å². The number of rotatable bonds is 7. The highest BCUT2D eigenvalue weighted by molar-refractivity contribution is 5.85. The fourth-order valence-electron chi connectivity index (χ4n) is 4.69. The summed E-state index contributed by atoms with van der Waals surface area (Å²) in [7, 11) is 0. The molecular formula is C28H31FO. The molecule has 4 rings (SSSR count). The zero-order chi connectivity index (χ0) is 20.9. The zero-order valence-electron chi connectivity index (χ0n) is 17.9. The van der Waals surface area contributed by atoms with Gasteiger partial charge in [-0.1, -0.05) is 42.5 Å². The first kappa shape index (κ1) is 20.7. The Morgan fingerprint density at radius 3 is 2.43 bits per heavy atom. The van der Waals surface area contributed by atoms with Gasteiger partial charge in [-0.2, -0.15) is 0 Å². The summed E-state index contributed by atoms with van der Waals surface area (Å²) < 4.78 is 20.5. The molecule has 0 aromatic heterocycles. The Balaban J connectivity index is 1.40. The molecule has 0 bridgehead atoms. The Hall–Kier alpha value is -2.61. The number of allylic oxidation sites excluding steroid dienone is 1. The van der Waals surface area contributed by atoms with Crippen LogP contribution in [0, 0.1) is 11.7 Å². The van der Waals surface area contributed by atoms with E-state index in [1.807, 2.05) is 37.3 Å². The van der Waals surface area contributed by atoms with Crippen molar-refractivity contribution in [1.29, 1.82) is 0 Å². The average molecular weight is 403 g/mol. The molecule has 0 heterocycles. The molecule has 1 aliphatic rings. The van der Waals surface area contributed by atoms with Crippen LogP contribution in [0.15, 0.2) is 67.3 Å². The summed E-state index contributed by atoms with van der Waals surface area (Å²) in [5, 5.41) is 1.55. The van der Waals surface area contributed by atoms with Crippen molar-refractivity contribution >= 4 is 10.8 Å². The van der Waals surface area contributed by atoms with E-state index in [0.717, 1.165) is 23.1 Å². The van der Waals surface area contributed by atoms with E-state index >= 15 is 4.39 Å². The van der Waals surface area contributed by atoms with Crippen LogP contribution in [0.2, 0.25) is 0 Å². The molecule has 1 fully saturated rings. The lowest BCUT2D eigenvalue weighted by atomic mass is 9.78.